The van der Waals surface area contributed by atoms with Crippen molar-refractivity contribution in [3.05, 3.63) is 65.6 Å². The third kappa shape index (κ3) is 3.95. The van der Waals surface area contributed by atoms with Crippen molar-refractivity contribution < 1.29 is 4.39 Å². The second-order valence-electron chi connectivity index (χ2n) is 6.17. The Morgan fingerprint density at radius 3 is 2.62 bits per heavy atom. The van der Waals surface area contributed by atoms with Gasteiger partial charge in [-0.25, -0.2) is 19.3 Å². The molecule has 0 fully saturated rings. The first-order chi connectivity index (χ1) is 14.1. The zero-order chi connectivity index (χ0) is 20.2. The van der Waals surface area contributed by atoms with E-state index in [9.17, 15) is 9.30 Å². The van der Waals surface area contributed by atoms with Crippen LogP contribution in [0.2, 0.25) is 0 Å². The van der Waals surface area contributed by atoms with Crippen LogP contribution in [0.25, 0.3) is 16.9 Å². The molecule has 0 aliphatic carbocycles. The molecule has 0 aliphatic rings. The van der Waals surface area contributed by atoms with Crippen LogP contribution in [0.15, 0.2) is 60.0 Å². The average molecular weight is 392 g/mol. The Morgan fingerprint density at radius 2 is 1.86 bits per heavy atom. The normalized spacial score (nSPS) is 10.8. The highest BCUT2D eigenvalue weighted by Crippen LogP contribution is 2.22. The molecule has 0 radical (unpaired) electrons. The fraction of sp³-hybridized carbons (Fsp3) is 0.105. The van der Waals surface area contributed by atoms with Crippen LogP contribution in [-0.4, -0.2) is 32.4 Å². The first-order valence-electron chi connectivity index (χ1n) is 8.82. The van der Waals surface area contributed by atoms with E-state index in [1.807, 2.05) is 10.5 Å². The summed E-state index contributed by atoms with van der Waals surface area (Å²) in [6.07, 6.45) is 3.49. The monoisotopic (exact) mass is 392 g/mol. The number of imidazole rings is 1. The summed E-state index contributed by atoms with van der Waals surface area (Å²) in [5.41, 5.74) is 7.97. The summed E-state index contributed by atoms with van der Waals surface area (Å²) in [5.74, 6) is 0.921. The maximum absolute atomic E-state index is 13.2. The topological polar surface area (TPSA) is 123 Å². The van der Waals surface area contributed by atoms with E-state index in [-0.39, 0.29) is 17.3 Å². The Hall–Kier alpha value is -4.08. The number of nitrogens with one attached hydrogen (secondary N) is 2. The van der Waals surface area contributed by atoms with Gasteiger partial charge in [0.15, 0.2) is 5.82 Å². The average Bonchev–Trinajstić information content (AvgIpc) is 3.20. The molecule has 4 N–H and O–H groups in total. The smallest absolute Gasteiger partial charge is 0.209 e. The number of benzene rings is 1. The number of anilines is 3. The summed E-state index contributed by atoms with van der Waals surface area (Å²) < 4.78 is 15.0. The number of nitrogens with two attached hydrogens (primary N) is 1. The van der Waals surface area contributed by atoms with Gasteiger partial charge in [0.25, 0.3) is 0 Å². The Bertz CT molecular complexity index is 1160. The largest absolute Gasteiger partial charge is 0.382 e. The van der Waals surface area contributed by atoms with Crippen LogP contribution in [0.5, 0.6) is 0 Å². The van der Waals surface area contributed by atoms with Crippen LogP contribution in [0, 0.1) is 10.7 Å². The molecule has 29 heavy (non-hydrogen) atoms. The van der Waals surface area contributed by atoms with E-state index in [1.54, 1.807) is 30.6 Å². The van der Waals surface area contributed by atoms with Crippen LogP contribution < -0.4 is 16.4 Å². The lowest BCUT2D eigenvalue weighted by atomic mass is 10.1. The lowest BCUT2D eigenvalue weighted by molar-refractivity contribution is 0.628. The minimum atomic E-state index is -0.300. The van der Waals surface area contributed by atoms with Crippen LogP contribution in [0.4, 0.5) is 27.7 Å². The molecule has 1 aromatic carbocycles. The zero-order valence-electron chi connectivity index (χ0n) is 15.2. The van der Waals surface area contributed by atoms with Crippen molar-refractivity contribution in [3.63, 3.8) is 0 Å². The van der Waals surface area contributed by atoms with E-state index < -0.39 is 0 Å². The summed E-state index contributed by atoms with van der Waals surface area (Å²) in [6, 6.07) is 11.1. The van der Waals surface area contributed by atoms with Crippen LogP contribution >= 0.6 is 0 Å². The molecule has 3 aromatic heterocycles. The number of halogens is 1. The molecule has 0 bridgehead atoms. The minimum Gasteiger partial charge on any atom is -0.382 e. The van der Waals surface area contributed by atoms with E-state index in [4.69, 9.17) is 5.73 Å². The van der Waals surface area contributed by atoms with Gasteiger partial charge in [0, 0.05) is 37.1 Å². The number of rotatable bonds is 7. The van der Waals surface area contributed by atoms with Gasteiger partial charge in [-0.15, -0.1) is 4.91 Å². The van der Waals surface area contributed by atoms with Crippen molar-refractivity contribution in [3.8, 4) is 11.3 Å². The summed E-state index contributed by atoms with van der Waals surface area (Å²) in [4.78, 5) is 23.6. The van der Waals surface area contributed by atoms with Crippen molar-refractivity contribution in [2.75, 3.05) is 29.5 Å². The van der Waals surface area contributed by atoms with Crippen molar-refractivity contribution in [2.45, 2.75) is 0 Å². The molecular weight excluding hydrogens is 375 g/mol. The molecule has 4 rings (SSSR count). The molecule has 3 heterocycles. The van der Waals surface area contributed by atoms with Gasteiger partial charge in [-0.2, -0.15) is 0 Å². The number of fused-ring (bicyclic) bond motifs is 1. The minimum absolute atomic E-state index is 0.0757. The van der Waals surface area contributed by atoms with E-state index in [0.717, 1.165) is 11.2 Å². The highest BCUT2D eigenvalue weighted by atomic mass is 19.1. The first kappa shape index (κ1) is 18.3. The Morgan fingerprint density at radius 1 is 1.07 bits per heavy atom. The quantitative estimate of drug-likeness (QED) is 0.325. The third-order valence-electron chi connectivity index (χ3n) is 4.24. The highest BCUT2D eigenvalue weighted by Gasteiger charge is 2.09. The molecular formula is C19H17FN8O. The number of nitroso groups, excluding NO2 is 1. The molecule has 0 saturated carbocycles. The van der Waals surface area contributed by atoms with E-state index >= 15 is 0 Å². The molecule has 10 heteroatoms. The van der Waals surface area contributed by atoms with Crippen molar-refractivity contribution in [1.29, 1.82) is 0 Å². The van der Waals surface area contributed by atoms with E-state index in [1.165, 1.54) is 18.2 Å². The lowest BCUT2D eigenvalue weighted by Crippen LogP contribution is -2.17. The Kier molecular flexibility index (Phi) is 4.97. The molecule has 9 nitrogen and oxygen atoms in total. The molecule has 0 amide bonds. The van der Waals surface area contributed by atoms with Gasteiger partial charge < -0.3 is 16.4 Å². The summed E-state index contributed by atoms with van der Waals surface area (Å²) in [5, 5.41) is 9.15. The van der Waals surface area contributed by atoms with Crippen molar-refractivity contribution in [2.24, 2.45) is 5.18 Å². The lowest BCUT2D eigenvalue weighted by Gasteiger charge is -2.11. The number of pyridine rings is 1. The molecule has 0 unspecified atom stereocenters. The standard InChI is InChI=1S/C19H17FN8O/c20-13-3-1-12(2-4-13)15-11-17-23-9-10-28(17)19(25-15)24-8-7-22-16-6-5-14(27-29)18(21)26-16/h1-6,9-11H,7-8H2,(H,24,25)(H3,21,22,26). The fourth-order valence-electron chi connectivity index (χ4n) is 2.82. The second kappa shape index (κ2) is 7.89. The maximum atomic E-state index is 13.2. The molecule has 0 spiro atoms. The first-order valence-corrected chi connectivity index (χ1v) is 8.82. The second-order valence-corrected chi connectivity index (χ2v) is 6.17. The molecule has 0 aliphatic heterocycles. The van der Waals surface area contributed by atoms with Gasteiger partial charge in [-0.05, 0) is 41.6 Å². The molecule has 4 aromatic rings. The number of hydrogen-bond donors (Lipinski definition) is 3. The summed E-state index contributed by atoms with van der Waals surface area (Å²) >= 11 is 0. The van der Waals surface area contributed by atoms with Gasteiger partial charge in [0.2, 0.25) is 5.95 Å². The predicted molar refractivity (Wildman–Crippen MR) is 109 cm³/mol. The fourth-order valence-corrected chi connectivity index (χ4v) is 2.82. The molecule has 0 saturated heterocycles. The number of hydrogen-bond acceptors (Lipinski definition) is 8. The maximum Gasteiger partial charge on any atom is 0.209 e. The molecule has 146 valence electrons. The van der Waals surface area contributed by atoms with Crippen LogP contribution in [0.3, 0.4) is 0 Å². The summed E-state index contributed by atoms with van der Waals surface area (Å²) in [6.45, 7) is 1.06. The predicted octanol–water partition coefficient (Wildman–Crippen LogP) is 3.43. The van der Waals surface area contributed by atoms with Crippen molar-refractivity contribution in [1.82, 2.24) is 19.4 Å². The Labute approximate surface area is 164 Å². The number of nitrogens with zero attached hydrogens (tertiary/aromatic N) is 5. The Balaban J connectivity index is 1.47. The van der Waals surface area contributed by atoms with Gasteiger partial charge in [-0.3, -0.25) is 4.40 Å². The third-order valence-corrected chi connectivity index (χ3v) is 4.24. The summed E-state index contributed by atoms with van der Waals surface area (Å²) in [7, 11) is 0. The van der Waals surface area contributed by atoms with Gasteiger partial charge in [-0.1, -0.05) is 0 Å². The van der Waals surface area contributed by atoms with Gasteiger partial charge in [0.1, 0.15) is 23.0 Å². The zero-order valence-corrected chi connectivity index (χ0v) is 15.2. The number of nitrogen functional groups attached to an aromatic ring is 1. The number of aromatic nitrogens is 4. The van der Waals surface area contributed by atoms with Crippen molar-refractivity contribution >= 4 is 28.9 Å². The van der Waals surface area contributed by atoms with E-state index in [2.05, 4.69) is 30.8 Å². The highest BCUT2D eigenvalue weighted by molar-refractivity contribution is 5.66. The van der Waals surface area contributed by atoms with Crippen LogP contribution in [0.1, 0.15) is 0 Å². The molecule has 0 atom stereocenters. The van der Waals surface area contributed by atoms with Crippen LogP contribution in [-0.2, 0) is 0 Å². The van der Waals surface area contributed by atoms with Gasteiger partial charge in [0.05, 0.1) is 5.69 Å². The van der Waals surface area contributed by atoms with E-state index in [0.29, 0.717) is 30.5 Å². The SMILES string of the molecule is Nc1nc(NCCNc2nc(-c3ccc(F)cc3)cc3nccn23)ccc1N=O. The van der Waals surface area contributed by atoms with Gasteiger partial charge >= 0.3 is 0 Å².